The van der Waals surface area contributed by atoms with Gasteiger partial charge in [-0.25, -0.2) is 0 Å². The monoisotopic (exact) mass is 446 g/mol. The number of hydrogen-bond acceptors (Lipinski definition) is 5. The van der Waals surface area contributed by atoms with Gasteiger partial charge in [-0.2, -0.15) is 0 Å². The SMILES string of the molecule is CCCCCCC(O)(CC)C/C=C/[C@H]1C=CC(=O)[C@@H]1C/C=C\CCCC(=O)COC(C)=O. The van der Waals surface area contributed by atoms with Crippen LogP contribution in [0.4, 0.5) is 0 Å². The first-order chi connectivity index (χ1) is 15.3. The summed E-state index contributed by atoms with van der Waals surface area (Å²) in [7, 11) is 0. The Hall–Kier alpha value is -2.01. The lowest BCUT2D eigenvalue weighted by Gasteiger charge is -2.25. The maximum atomic E-state index is 12.2. The van der Waals surface area contributed by atoms with Gasteiger partial charge in [0.25, 0.3) is 0 Å². The number of carbonyl (C=O) groups is 3. The molecule has 0 aromatic rings. The second-order valence-corrected chi connectivity index (χ2v) is 8.88. The third-order valence-corrected chi connectivity index (χ3v) is 6.14. The lowest BCUT2D eigenvalue weighted by atomic mass is 9.87. The zero-order valence-corrected chi connectivity index (χ0v) is 20.2. The molecule has 32 heavy (non-hydrogen) atoms. The van der Waals surface area contributed by atoms with Crippen LogP contribution in [0.3, 0.4) is 0 Å². The Balaban J connectivity index is 2.40. The third-order valence-electron chi connectivity index (χ3n) is 6.14. The van der Waals surface area contributed by atoms with E-state index in [1.54, 1.807) is 6.08 Å². The van der Waals surface area contributed by atoms with E-state index in [4.69, 9.17) is 0 Å². The van der Waals surface area contributed by atoms with Gasteiger partial charge < -0.3 is 9.84 Å². The predicted octanol–water partition coefficient (Wildman–Crippen LogP) is 5.66. The highest BCUT2D eigenvalue weighted by Crippen LogP contribution is 2.29. The molecule has 5 nitrogen and oxygen atoms in total. The molecule has 0 fully saturated rings. The molecule has 1 aliphatic carbocycles. The van der Waals surface area contributed by atoms with E-state index in [0.29, 0.717) is 25.7 Å². The van der Waals surface area contributed by atoms with Crippen LogP contribution < -0.4 is 0 Å². The lowest BCUT2D eigenvalue weighted by Crippen LogP contribution is -2.26. The molecular formula is C27H42O5. The van der Waals surface area contributed by atoms with E-state index < -0.39 is 11.6 Å². The first-order valence-electron chi connectivity index (χ1n) is 12.2. The number of carbonyl (C=O) groups excluding carboxylic acids is 3. The van der Waals surface area contributed by atoms with Gasteiger partial charge in [-0.1, -0.05) is 69.9 Å². The van der Waals surface area contributed by atoms with E-state index in [1.807, 2.05) is 31.2 Å². The molecule has 0 saturated heterocycles. The number of ether oxygens (including phenoxy) is 1. The second-order valence-electron chi connectivity index (χ2n) is 8.88. The minimum Gasteiger partial charge on any atom is -0.458 e. The Morgan fingerprint density at radius 1 is 1.12 bits per heavy atom. The van der Waals surface area contributed by atoms with Gasteiger partial charge in [-0.15, -0.1) is 0 Å². The first kappa shape index (κ1) is 28.0. The van der Waals surface area contributed by atoms with Crippen molar-refractivity contribution in [2.24, 2.45) is 11.8 Å². The van der Waals surface area contributed by atoms with Crippen LogP contribution in [-0.4, -0.2) is 34.9 Å². The number of aliphatic hydroxyl groups is 1. The molecule has 0 radical (unpaired) electrons. The normalized spacial score (nSPS) is 20.3. The first-order valence-corrected chi connectivity index (χ1v) is 12.2. The minimum absolute atomic E-state index is 0.0682. The fourth-order valence-electron chi connectivity index (χ4n) is 3.91. The van der Waals surface area contributed by atoms with E-state index >= 15 is 0 Å². The number of unbranched alkanes of at least 4 members (excludes halogenated alkanes) is 4. The van der Waals surface area contributed by atoms with Gasteiger partial charge in [0.15, 0.2) is 11.6 Å². The van der Waals surface area contributed by atoms with E-state index in [0.717, 1.165) is 32.1 Å². The molecular weight excluding hydrogens is 404 g/mol. The summed E-state index contributed by atoms with van der Waals surface area (Å²) < 4.78 is 4.69. The number of hydrogen-bond donors (Lipinski definition) is 1. The van der Waals surface area contributed by atoms with Crippen molar-refractivity contribution in [3.05, 3.63) is 36.5 Å². The summed E-state index contributed by atoms with van der Waals surface area (Å²) in [4.78, 5) is 34.5. The summed E-state index contributed by atoms with van der Waals surface area (Å²) in [5.41, 5.74) is -0.654. The van der Waals surface area contributed by atoms with Crippen LogP contribution in [0.25, 0.3) is 0 Å². The van der Waals surface area contributed by atoms with Crippen molar-refractivity contribution in [2.45, 2.75) is 97.0 Å². The summed E-state index contributed by atoms with van der Waals surface area (Å²) in [6, 6.07) is 0. The Kier molecular flexibility index (Phi) is 13.8. The zero-order valence-electron chi connectivity index (χ0n) is 20.2. The highest BCUT2D eigenvalue weighted by atomic mass is 16.5. The zero-order chi connectivity index (χ0) is 23.8. The summed E-state index contributed by atoms with van der Waals surface area (Å²) in [6.07, 6.45) is 21.1. The Morgan fingerprint density at radius 3 is 2.59 bits per heavy atom. The Labute approximate surface area is 194 Å². The second kappa shape index (κ2) is 15.7. The van der Waals surface area contributed by atoms with Gasteiger partial charge in [0.1, 0.15) is 6.61 Å². The van der Waals surface area contributed by atoms with Gasteiger partial charge in [0, 0.05) is 25.2 Å². The largest absolute Gasteiger partial charge is 0.458 e. The molecule has 5 heteroatoms. The molecule has 0 aromatic heterocycles. The van der Waals surface area contributed by atoms with Gasteiger partial charge in [0.05, 0.1) is 5.60 Å². The van der Waals surface area contributed by atoms with Crippen molar-refractivity contribution in [2.75, 3.05) is 6.61 Å². The van der Waals surface area contributed by atoms with Gasteiger partial charge >= 0.3 is 5.97 Å². The van der Waals surface area contributed by atoms with Crippen molar-refractivity contribution in [3.63, 3.8) is 0 Å². The topological polar surface area (TPSA) is 80.7 Å². The molecule has 3 atom stereocenters. The molecule has 0 amide bonds. The average molecular weight is 447 g/mol. The van der Waals surface area contributed by atoms with Crippen LogP contribution in [-0.2, 0) is 19.1 Å². The van der Waals surface area contributed by atoms with E-state index in [9.17, 15) is 19.5 Å². The van der Waals surface area contributed by atoms with E-state index in [1.165, 1.54) is 19.8 Å². The highest BCUT2D eigenvalue weighted by molar-refractivity contribution is 5.95. The van der Waals surface area contributed by atoms with Gasteiger partial charge in [-0.3, -0.25) is 14.4 Å². The molecule has 1 rings (SSSR count). The van der Waals surface area contributed by atoms with E-state index in [2.05, 4.69) is 17.7 Å². The van der Waals surface area contributed by atoms with Crippen LogP contribution in [0.2, 0.25) is 0 Å². The van der Waals surface area contributed by atoms with Crippen LogP contribution in [0.15, 0.2) is 36.5 Å². The predicted molar refractivity (Wildman–Crippen MR) is 128 cm³/mol. The number of ketones is 2. The minimum atomic E-state index is -0.654. The molecule has 0 heterocycles. The Morgan fingerprint density at radius 2 is 1.91 bits per heavy atom. The van der Waals surface area contributed by atoms with Crippen LogP contribution >= 0.6 is 0 Å². The molecule has 1 unspecified atom stereocenters. The molecule has 1 N–H and O–H groups in total. The maximum Gasteiger partial charge on any atom is 0.303 e. The third kappa shape index (κ3) is 11.6. The van der Waals surface area contributed by atoms with Crippen molar-refractivity contribution in [3.8, 4) is 0 Å². The summed E-state index contributed by atoms with van der Waals surface area (Å²) in [5, 5.41) is 10.8. The number of rotatable bonds is 17. The van der Waals surface area contributed by atoms with Crippen molar-refractivity contribution < 1.29 is 24.2 Å². The molecule has 1 aliphatic rings. The quantitative estimate of drug-likeness (QED) is 0.177. The molecule has 0 spiro atoms. The maximum absolute atomic E-state index is 12.2. The average Bonchev–Trinajstić information content (AvgIpc) is 3.11. The highest BCUT2D eigenvalue weighted by Gasteiger charge is 2.28. The van der Waals surface area contributed by atoms with Gasteiger partial charge in [-0.05, 0) is 44.6 Å². The van der Waals surface area contributed by atoms with Crippen LogP contribution in [0, 0.1) is 11.8 Å². The fraction of sp³-hybridized carbons (Fsp3) is 0.667. The van der Waals surface area contributed by atoms with Crippen LogP contribution in [0.5, 0.6) is 0 Å². The molecule has 0 saturated carbocycles. The summed E-state index contributed by atoms with van der Waals surface area (Å²) >= 11 is 0. The standard InChI is InChI=1S/C27H42O5/c1-4-6-7-12-19-27(31,5-2)20-13-14-23-17-18-26(30)25(23)16-11-9-8-10-15-24(29)21-32-22(3)28/h9,11,13-14,17-18,23,25,31H,4-8,10,12,15-16,19-21H2,1-3H3/b11-9-,14-13+/t23-,25+,27?/m0/s1. The molecule has 0 aliphatic heterocycles. The Bertz CT molecular complexity index is 676. The molecule has 0 aromatic carbocycles. The summed E-state index contributed by atoms with van der Waals surface area (Å²) in [6.45, 7) is 5.35. The summed E-state index contributed by atoms with van der Waals surface area (Å²) in [5.74, 6) is -0.397. The van der Waals surface area contributed by atoms with Crippen LogP contribution in [0.1, 0.15) is 91.4 Å². The number of esters is 1. The molecule has 0 bridgehead atoms. The van der Waals surface area contributed by atoms with Crippen molar-refractivity contribution in [1.29, 1.82) is 0 Å². The molecule has 180 valence electrons. The lowest BCUT2D eigenvalue weighted by molar-refractivity contribution is -0.145. The number of Topliss-reactive ketones (excluding diaryl/α,β-unsaturated/α-hetero) is 1. The van der Waals surface area contributed by atoms with Crippen molar-refractivity contribution >= 4 is 17.5 Å². The smallest absolute Gasteiger partial charge is 0.303 e. The fourth-order valence-corrected chi connectivity index (χ4v) is 3.91. The van der Waals surface area contributed by atoms with Crippen molar-refractivity contribution in [1.82, 2.24) is 0 Å². The number of allylic oxidation sites excluding steroid dienone is 5. The van der Waals surface area contributed by atoms with E-state index in [-0.39, 0.29) is 30.0 Å². The van der Waals surface area contributed by atoms with Gasteiger partial charge in [0.2, 0.25) is 0 Å².